The Hall–Kier alpha value is -2.62. The molecule has 0 aliphatic rings. The van der Waals surface area contributed by atoms with Gasteiger partial charge in [0.1, 0.15) is 5.41 Å². The number of amides is 2. The van der Waals surface area contributed by atoms with Gasteiger partial charge in [-0.05, 0) is 63.9 Å². The van der Waals surface area contributed by atoms with Gasteiger partial charge in [-0.15, -0.1) is 0 Å². The molecule has 0 aliphatic carbocycles. The molecule has 0 radical (unpaired) electrons. The SMILES string of the molecule is CCN(C(=O)C(C)(C)C(=O)Nc1ccccc1C)c1cccc(C)c1. The van der Waals surface area contributed by atoms with Crippen LogP contribution in [0.2, 0.25) is 0 Å². The van der Waals surface area contributed by atoms with Gasteiger partial charge in [0.25, 0.3) is 0 Å². The van der Waals surface area contributed by atoms with E-state index in [0.29, 0.717) is 6.54 Å². The average Bonchev–Trinajstić information content (AvgIpc) is 2.57. The highest BCUT2D eigenvalue weighted by atomic mass is 16.2. The molecule has 4 heteroatoms. The number of anilines is 2. The maximum atomic E-state index is 13.1. The van der Waals surface area contributed by atoms with Gasteiger partial charge in [0.15, 0.2) is 0 Å². The Morgan fingerprint density at radius 3 is 2.32 bits per heavy atom. The number of carbonyl (C=O) groups is 2. The molecule has 25 heavy (non-hydrogen) atoms. The Kier molecular flexibility index (Phi) is 5.62. The van der Waals surface area contributed by atoms with E-state index >= 15 is 0 Å². The van der Waals surface area contributed by atoms with Crippen molar-refractivity contribution in [3.8, 4) is 0 Å². The lowest BCUT2D eigenvalue weighted by Crippen LogP contribution is -2.47. The first-order chi connectivity index (χ1) is 11.8. The van der Waals surface area contributed by atoms with Crippen molar-refractivity contribution in [2.45, 2.75) is 34.6 Å². The lowest BCUT2D eigenvalue weighted by molar-refractivity contribution is -0.136. The van der Waals surface area contributed by atoms with Gasteiger partial charge in [0, 0.05) is 17.9 Å². The van der Waals surface area contributed by atoms with Crippen LogP contribution < -0.4 is 10.2 Å². The summed E-state index contributed by atoms with van der Waals surface area (Å²) >= 11 is 0. The van der Waals surface area contributed by atoms with E-state index < -0.39 is 5.41 Å². The van der Waals surface area contributed by atoms with E-state index in [2.05, 4.69) is 5.32 Å². The molecule has 4 nitrogen and oxygen atoms in total. The van der Waals surface area contributed by atoms with Crippen molar-refractivity contribution in [1.29, 1.82) is 0 Å². The van der Waals surface area contributed by atoms with Crippen LogP contribution in [0.1, 0.15) is 31.9 Å². The second kappa shape index (κ2) is 7.51. The number of rotatable bonds is 5. The smallest absolute Gasteiger partial charge is 0.242 e. The van der Waals surface area contributed by atoms with E-state index in [4.69, 9.17) is 0 Å². The molecular formula is C21H26N2O2. The van der Waals surface area contributed by atoms with Gasteiger partial charge < -0.3 is 10.2 Å². The van der Waals surface area contributed by atoms with Gasteiger partial charge in [-0.3, -0.25) is 9.59 Å². The largest absolute Gasteiger partial charge is 0.325 e. The molecule has 0 aromatic heterocycles. The van der Waals surface area contributed by atoms with E-state index in [9.17, 15) is 9.59 Å². The third kappa shape index (κ3) is 4.08. The van der Waals surface area contributed by atoms with Crippen molar-refractivity contribution in [3.63, 3.8) is 0 Å². The monoisotopic (exact) mass is 338 g/mol. The Labute approximate surface area is 149 Å². The first kappa shape index (κ1) is 18.7. The molecule has 0 aliphatic heterocycles. The summed E-state index contributed by atoms with van der Waals surface area (Å²) in [4.78, 5) is 27.5. The summed E-state index contributed by atoms with van der Waals surface area (Å²) in [6, 6.07) is 15.3. The molecule has 0 saturated carbocycles. The molecule has 0 spiro atoms. The summed E-state index contributed by atoms with van der Waals surface area (Å²) in [5.74, 6) is -0.524. The fourth-order valence-electron chi connectivity index (χ4n) is 2.67. The zero-order valence-corrected chi connectivity index (χ0v) is 15.6. The molecule has 0 saturated heterocycles. The Morgan fingerprint density at radius 2 is 1.72 bits per heavy atom. The van der Waals surface area contributed by atoms with Crippen LogP contribution in [0.3, 0.4) is 0 Å². The number of aryl methyl sites for hydroxylation is 2. The third-order valence-electron chi connectivity index (χ3n) is 4.37. The number of benzene rings is 2. The molecule has 0 fully saturated rings. The number of nitrogens with zero attached hydrogens (tertiary/aromatic N) is 1. The summed E-state index contributed by atoms with van der Waals surface area (Å²) in [5.41, 5.74) is 2.40. The van der Waals surface area contributed by atoms with E-state index in [1.165, 1.54) is 0 Å². The van der Waals surface area contributed by atoms with Crippen LogP contribution in [0.4, 0.5) is 11.4 Å². The van der Waals surface area contributed by atoms with Gasteiger partial charge in [-0.25, -0.2) is 0 Å². The van der Waals surface area contributed by atoms with E-state index in [1.54, 1.807) is 18.7 Å². The number of nitrogens with one attached hydrogen (secondary N) is 1. The molecule has 132 valence electrons. The van der Waals surface area contributed by atoms with Gasteiger partial charge in [-0.2, -0.15) is 0 Å². The molecular weight excluding hydrogens is 312 g/mol. The van der Waals surface area contributed by atoms with Crippen LogP contribution in [-0.4, -0.2) is 18.4 Å². The van der Waals surface area contributed by atoms with Crippen LogP contribution in [-0.2, 0) is 9.59 Å². The predicted octanol–water partition coefficient (Wildman–Crippen LogP) is 4.32. The minimum atomic E-state index is -1.18. The lowest BCUT2D eigenvalue weighted by Gasteiger charge is -2.30. The van der Waals surface area contributed by atoms with Crippen molar-refractivity contribution >= 4 is 23.2 Å². The first-order valence-electron chi connectivity index (χ1n) is 8.53. The fourth-order valence-corrected chi connectivity index (χ4v) is 2.67. The summed E-state index contributed by atoms with van der Waals surface area (Å²) in [5, 5.41) is 2.89. The van der Waals surface area contributed by atoms with E-state index in [-0.39, 0.29) is 11.8 Å². The second-order valence-corrected chi connectivity index (χ2v) is 6.78. The van der Waals surface area contributed by atoms with Crippen LogP contribution in [0.25, 0.3) is 0 Å². The third-order valence-corrected chi connectivity index (χ3v) is 4.37. The second-order valence-electron chi connectivity index (χ2n) is 6.78. The Morgan fingerprint density at radius 1 is 1.04 bits per heavy atom. The quantitative estimate of drug-likeness (QED) is 0.825. The van der Waals surface area contributed by atoms with Gasteiger partial charge in [-0.1, -0.05) is 30.3 Å². The van der Waals surface area contributed by atoms with Crippen LogP contribution in [0.15, 0.2) is 48.5 Å². The fraction of sp³-hybridized carbons (Fsp3) is 0.333. The number of hydrogen-bond donors (Lipinski definition) is 1. The molecule has 2 aromatic rings. The highest BCUT2D eigenvalue weighted by Gasteiger charge is 2.39. The summed E-state index contributed by atoms with van der Waals surface area (Å²) in [6.07, 6.45) is 0. The number of hydrogen-bond acceptors (Lipinski definition) is 2. The van der Waals surface area contributed by atoms with Crippen molar-refractivity contribution < 1.29 is 9.59 Å². The average molecular weight is 338 g/mol. The van der Waals surface area contributed by atoms with E-state index in [1.807, 2.05) is 69.3 Å². The van der Waals surface area contributed by atoms with Gasteiger partial charge in [0.2, 0.25) is 11.8 Å². The van der Waals surface area contributed by atoms with Crippen molar-refractivity contribution in [2.24, 2.45) is 5.41 Å². The van der Waals surface area contributed by atoms with Crippen molar-refractivity contribution in [3.05, 3.63) is 59.7 Å². The summed E-state index contributed by atoms with van der Waals surface area (Å²) < 4.78 is 0. The van der Waals surface area contributed by atoms with Crippen molar-refractivity contribution in [1.82, 2.24) is 0 Å². The molecule has 0 unspecified atom stereocenters. The predicted molar refractivity (Wildman–Crippen MR) is 103 cm³/mol. The van der Waals surface area contributed by atoms with Crippen LogP contribution >= 0.6 is 0 Å². The highest BCUT2D eigenvalue weighted by molar-refractivity contribution is 6.15. The highest BCUT2D eigenvalue weighted by Crippen LogP contribution is 2.27. The van der Waals surface area contributed by atoms with Gasteiger partial charge in [0.05, 0.1) is 0 Å². The molecule has 2 rings (SSSR count). The summed E-state index contributed by atoms with van der Waals surface area (Å²) in [7, 11) is 0. The topological polar surface area (TPSA) is 49.4 Å². The minimum absolute atomic E-state index is 0.216. The number of para-hydroxylation sites is 1. The molecule has 0 bridgehead atoms. The molecule has 2 amide bonds. The summed E-state index contributed by atoms with van der Waals surface area (Å²) in [6.45, 7) is 9.66. The standard InChI is InChI=1S/C21H26N2O2/c1-6-23(17-12-9-10-15(2)14-17)20(25)21(4,5)19(24)22-18-13-8-7-11-16(18)3/h7-14H,6H2,1-5H3,(H,22,24). The minimum Gasteiger partial charge on any atom is -0.325 e. The van der Waals surface area contributed by atoms with Crippen LogP contribution in [0.5, 0.6) is 0 Å². The maximum absolute atomic E-state index is 13.1. The zero-order chi connectivity index (χ0) is 18.6. The van der Waals surface area contributed by atoms with Gasteiger partial charge >= 0.3 is 0 Å². The molecule has 1 N–H and O–H groups in total. The van der Waals surface area contributed by atoms with Crippen LogP contribution in [0, 0.1) is 19.3 Å². The maximum Gasteiger partial charge on any atom is 0.242 e. The van der Waals surface area contributed by atoms with E-state index in [0.717, 1.165) is 22.5 Å². The molecule has 0 atom stereocenters. The first-order valence-corrected chi connectivity index (χ1v) is 8.53. The normalized spacial score (nSPS) is 11.1. The molecule has 0 heterocycles. The Balaban J connectivity index is 2.25. The Bertz CT molecular complexity index is 781. The molecule has 2 aromatic carbocycles. The number of carbonyl (C=O) groups excluding carboxylic acids is 2. The zero-order valence-electron chi connectivity index (χ0n) is 15.6. The van der Waals surface area contributed by atoms with Crippen molar-refractivity contribution in [2.75, 3.05) is 16.8 Å². The lowest BCUT2D eigenvalue weighted by atomic mass is 9.89.